The predicted molar refractivity (Wildman–Crippen MR) is 83.7 cm³/mol. The van der Waals surface area contributed by atoms with E-state index in [1.165, 1.54) is 18.9 Å². The van der Waals surface area contributed by atoms with E-state index in [9.17, 15) is 8.78 Å². The summed E-state index contributed by atoms with van der Waals surface area (Å²) in [5.41, 5.74) is 0.956. The lowest BCUT2D eigenvalue weighted by molar-refractivity contribution is 0.251. The number of hydrogen-bond donors (Lipinski definition) is 0. The zero-order chi connectivity index (χ0) is 15.2. The van der Waals surface area contributed by atoms with Crippen LogP contribution < -0.4 is 4.74 Å². The molecule has 0 bridgehead atoms. The second kappa shape index (κ2) is 7.87. The zero-order valence-electron chi connectivity index (χ0n) is 11.1. The van der Waals surface area contributed by atoms with Crippen molar-refractivity contribution in [3.63, 3.8) is 0 Å². The number of thioether (sulfide) groups is 2. The molecule has 0 saturated heterocycles. The van der Waals surface area contributed by atoms with Crippen molar-refractivity contribution in [3.05, 3.63) is 47.1 Å². The Balaban J connectivity index is 2.09. The first-order chi connectivity index (χ1) is 10.1. The highest BCUT2D eigenvalue weighted by Crippen LogP contribution is 2.35. The first-order valence-electron chi connectivity index (χ1n) is 5.95. The molecule has 0 radical (unpaired) electrons. The van der Waals surface area contributed by atoms with Crippen LogP contribution >= 0.6 is 35.1 Å². The van der Waals surface area contributed by atoms with Gasteiger partial charge in [0.15, 0.2) is 0 Å². The molecular formula is C14H12ClF2NOS2. The maximum atomic E-state index is 12.4. The molecule has 0 N–H and O–H groups in total. The Morgan fingerprint density at radius 2 is 2.14 bits per heavy atom. The van der Waals surface area contributed by atoms with E-state index in [1.807, 2.05) is 0 Å². The highest BCUT2D eigenvalue weighted by molar-refractivity contribution is 7.99. The quantitative estimate of drug-likeness (QED) is 0.657. The second-order valence-electron chi connectivity index (χ2n) is 3.94. The molecule has 1 aromatic heterocycles. The number of benzene rings is 1. The molecule has 2 aromatic rings. The summed E-state index contributed by atoms with van der Waals surface area (Å²) in [6.07, 6.45) is 1.68. The van der Waals surface area contributed by atoms with Crippen LogP contribution in [0, 0.1) is 0 Å². The molecule has 0 spiro atoms. The van der Waals surface area contributed by atoms with Crippen LogP contribution in [0.3, 0.4) is 0 Å². The lowest BCUT2D eigenvalue weighted by atomic mass is 10.2. The normalized spacial score (nSPS) is 10.9. The summed E-state index contributed by atoms with van der Waals surface area (Å²) in [6, 6.07) is 8.75. The van der Waals surface area contributed by atoms with E-state index in [0.717, 1.165) is 10.6 Å². The Morgan fingerprint density at radius 1 is 1.33 bits per heavy atom. The SMILES string of the molecule is COc1cc(CSc2ncccc2Cl)ccc1SC(F)F. The summed E-state index contributed by atoms with van der Waals surface area (Å²) in [6.45, 7) is 0. The minimum atomic E-state index is -2.47. The monoisotopic (exact) mass is 347 g/mol. The van der Waals surface area contributed by atoms with Crippen LogP contribution in [-0.2, 0) is 5.75 Å². The summed E-state index contributed by atoms with van der Waals surface area (Å²) in [5, 5.41) is 1.34. The van der Waals surface area contributed by atoms with E-state index in [1.54, 1.807) is 36.5 Å². The van der Waals surface area contributed by atoms with E-state index in [4.69, 9.17) is 16.3 Å². The third-order valence-electron chi connectivity index (χ3n) is 2.54. The molecule has 0 atom stereocenters. The first-order valence-corrected chi connectivity index (χ1v) is 8.19. The number of nitrogens with zero attached hydrogens (tertiary/aromatic N) is 1. The lowest BCUT2D eigenvalue weighted by Gasteiger charge is -2.10. The van der Waals surface area contributed by atoms with Crippen LogP contribution in [-0.4, -0.2) is 17.9 Å². The van der Waals surface area contributed by atoms with Crippen LogP contribution in [0.4, 0.5) is 8.78 Å². The smallest absolute Gasteiger partial charge is 0.289 e. The van der Waals surface area contributed by atoms with Crippen LogP contribution in [0.1, 0.15) is 5.56 Å². The van der Waals surface area contributed by atoms with Crippen molar-refractivity contribution < 1.29 is 13.5 Å². The van der Waals surface area contributed by atoms with Gasteiger partial charge in [-0.3, -0.25) is 0 Å². The molecule has 0 aliphatic heterocycles. The minimum Gasteiger partial charge on any atom is -0.496 e. The molecule has 21 heavy (non-hydrogen) atoms. The van der Waals surface area contributed by atoms with Gasteiger partial charge in [0, 0.05) is 11.9 Å². The molecule has 7 heteroatoms. The molecule has 0 amide bonds. The Labute approximate surface area is 135 Å². The zero-order valence-corrected chi connectivity index (χ0v) is 13.4. The molecule has 112 valence electrons. The van der Waals surface area contributed by atoms with Crippen LogP contribution in [0.25, 0.3) is 0 Å². The number of aromatic nitrogens is 1. The largest absolute Gasteiger partial charge is 0.496 e. The van der Waals surface area contributed by atoms with Crippen molar-refractivity contribution in [2.24, 2.45) is 0 Å². The van der Waals surface area contributed by atoms with E-state index in [0.29, 0.717) is 33.2 Å². The van der Waals surface area contributed by atoms with Gasteiger partial charge in [0.25, 0.3) is 5.76 Å². The number of methoxy groups -OCH3 is 1. The summed E-state index contributed by atoms with van der Waals surface area (Å²) >= 11 is 8.00. The highest BCUT2D eigenvalue weighted by atomic mass is 35.5. The Kier molecular flexibility index (Phi) is 6.14. The molecule has 0 unspecified atom stereocenters. The molecule has 0 aliphatic rings. The van der Waals surface area contributed by atoms with Crippen molar-refractivity contribution in [1.29, 1.82) is 0 Å². The Bertz CT molecular complexity index is 613. The van der Waals surface area contributed by atoms with E-state index in [-0.39, 0.29) is 0 Å². The number of ether oxygens (including phenoxy) is 1. The van der Waals surface area contributed by atoms with Gasteiger partial charge >= 0.3 is 0 Å². The predicted octanol–water partition coefficient (Wildman–Crippen LogP) is 5.35. The second-order valence-corrected chi connectivity index (χ2v) is 6.35. The molecule has 0 aliphatic carbocycles. The van der Waals surface area contributed by atoms with Crippen molar-refractivity contribution in [1.82, 2.24) is 4.98 Å². The van der Waals surface area contributed by atoms with Crippen LogP contribution in [0.5, 0.6) is 5.75 Å². The Hall–Kier alpha value is -0.980. The number of halogens is 3. The topological polar surface area (TPSA) is 22.1 Å². The van der Waals surface area contributed by atoms with E-state index < -0.39 is 5.76 Å². The maximum Gasteiger partial charge on any atom is 0.289 e. The number of alkyl halides is 2. The van der Waals surface area contributed by atoms with Gasteiger partial charge < -0.3 is 4.74 Å². The molecule has 0 fully saturated rings. The summed E-state index contributed by atoms with van der Waals surface area (Å²) < 4.78 is 30.0. The van der Waals surface area contributed by atoms with Gasteiger partial charge in [-0.15, -0.1) is 11.8 Å². The van der Waals surface area contributed by atoms with E-state index >= 15 is 0 Å². The molecule has 2 rings (SSSR count). The fraction of sp³-hybridized carbons (Fsp3) is 0.214. The average Bonchev–Trinajstić information content (AvgIpc) is 2.47. The van der Waals surface area contributed by atoms with Gasteiger partial charge in [-0.25, -0.2) is 4.98 Å². The van der Waals surface area contributed by atoms with Gasteiger partial charge in [0.05, 0.1) is 17.0 Å². The molecule has 1 heterocycles. The van der Waals surface area contributed by atoms with Gasteiger partial charge in [-0.1, -0.05) is 29.4 Å². The number of hydrogen-bond acceptors (Lipinski definition) is 4. The molecule has 1 aromatic carbocycles. The minimum absolute atomic E-state index is 0.428. The molecule has 0 saturated carbocycles. The van der Waals surface area contributed by atoms with Gasteiger partial charge in [-0.2, -0.15) is 8.78 Å². The van der Waals surface area contributed by atoms with Crippen molar-refractivity contribution in [3.8, 4) is 5.75 Å². The van der Waals surface area contributed by atoms with Crippen molar-refractivity contribution in [2.45, 2.75) is 21.4 Å². The van der Waals surface area contributed by atoms with Crippen LogP contribution in [0.2, 0.25) is 5.02 Å². The third-order valence-corrected chi connectivity index (χ3v) is 4.81. The number of rotatable bonds is 6. The van der Waals surface area contributed by atoms with E-state index in [2.05, 4.69) is 4.98 Å². The van der Waals surface area contributed by atoms with Crippen LogP contribution in [0.15, 0.2) is 46.5 Å². The summed E-state index contributed by atoms with van der Waals surface area (Å²) in [4.78, 5) is 4.62. The van der Waals surface area contributed by atoms with Crippen molar-refractivity contribution >= 4 is 35.1 Å². The Morgan fingerprint density at radius 3 is 2.81 bits per heavy atom. The van der Waals surface area contributed by atoms with Crippen molar-refractivity contribution in [2.75, 3.05) is 7.11 Å². The highest BCUT2D eigenvalue weighted by Gasteiger charge is 2.12. The molecule has 2 nitrogen and oxygen atoms in total. The van der Waals surface area contributed by atoms with Gasteiger partial charge in [0.1, 0.15) is 10.8 Å². The van der Waals surface area contributed by atoms with Gasteiger partial charge in [0.2, 0.25) is 0 Å². The molecular weight excluding hydrogens is 336 g/mol. The average molecular weight is 348 g/mol. The first kappa shape index (κ1) is 16.4. The summed E-state index contributed by atoms with van der Waals surface area (Å²) in [7, 11) is 1.47. The number of pyridine rings is 1. The van der Waals surface area contributed by atoms with Gasteiger partial charge in [-0.05, 0) is 29.8 Å². The summed E-state index contributed by atoms with van der Waals surface area (Å²) in [5.74, 6) is -1.39. The lowest BCUT2D eigenvalue weighted by Crippen LogP contribution is -1.91. The fourth-order valence-corrected chi connectivity index (χ4v) is 3.33. The maximum absolute atomic E-state index is 12.4. The fourth-order valence-electron chi connectivity index (χ4n) is 1.62. The standard InChI is InChI=1S/C14H12ClF2NOS2/c1-19-11-7-9(4-5-12(11)21-14(16)17)8-20-13-10(15)3-2-6-18-13/h2-7,14H,8H2,1H3. The third kappa shape index (κ3) is 4.76.